The van der Waals surface area contributed by atoms with Gasteiger partial charge in [0.15, 0.2) is 0 Å². The van der Waals surface area contributed by atoms with Crippen molar-refractivity contribution in [3.63, 3.8) is 0 Å². The Balaban J connectivity index is 7.79. The number of sulfonamides is 1. The third-order valence-corrected chi connectivity index (χ3v) is 26.0. The van der Waals surface area contributed by atoms with Crippen LogP contribution in [-0.4, -0.2) is 34.0 Å². The molecule has 0 bridgehead atoms. The van der Waals surface area contributed by atoms with E-state index in [0.717, 1.165) is 0 Å². The van der Waals surface area contributed by atoms with E-state index in [1.807, 2.05) is 83.1 Å². The molecule has 0 saturated heterocycles. The van der Waals surface area contributed by atoms with E-state index < -0.39 is 32.0 Å². The van der Waals surface area contributed by atoms with Gasteiger partial charge in [0.1, 0.15) is 16.5 Å². The largest absolute Gasteiger partial charge is 0.510 e. The zero-order chi connectivity index (χ0) is 23.0. The number of alkyl halides is 3. The average Bonchev–Trinajstić information content (AvgIpc) is 2.43. The van der Waals surface area contributed by atoms with Crippen LogP contribution in [0.1, 0.15) is 83.1 Å². The maximum Gasteiger partial charge on any atom is 0.510 e. The monoisotopic (exact) mass is 461 g/mol. The molecule has 0 rings (SSSR count). The zero-order valence-electron chi connectivity index (χ0n) is 19.8. The molecule has 0 amide bonds. The Labute approximate surface area is 173 Å². The van der Waals surface area contributed by atoms with Gasteiger partial charge in [-0.3, -0.25) is 0 Å². The summed E-state index contributed by atoms with van der Waals surface area (Å²) < 4.78 is 70.3. The van der Waals surface area contributed by atoms with E-state index in [9.17, 15) is 21.6 Å². The van der Waals surface area contributed by atoms with Crippen LogP contribution in [0.25, 0.3) is 0 Å². The minimum absolute atomic E-state index is 0.132. The van der Waals surface area contributed by atoms with Crippen molar-refractivity contribution in [2.75, 3.05) is 0 Å². The van der Waals surface area contributed by atoms with Crippen LogP contribution in [0.15, 0.2) is 0 Å². The highest BCUT2D eigenvalue weighted by atomic mass is 32.2. The topological polar surface area (TPSA) is 37.4 Å². The van der Waals surface area contributed by atoms with Crippen molar-refractivity contribution in [1.29, 1.82) is 0 Å². The summed E-state index contributed by atoms with van der Waals surface area (Å²) in [5, 5.41) is 0. The fourth-order valence-corrected chi connectivity index (χ4v) is 32.4. The second kappa shape index (κ2) is 9.10. The Bertz CT molecular complexity index is 540. The Morgan fingerprint density at radius 1 is 0.571 bits per heavy atom. The fraction of sp³-hybridized carbons (Fsp3) is 1.00. The van der Waals surface area contributed by atoms with E-state index in [-0.39, 0.29) is 33.2 Å². The van der Waals surface area contributed by atoms with Gasteiger partial charge in [0, 0.05) is 0 Å². The maximum absolute atomic E-state index is 14.1. The molecule has 0 aliphatic heterocycles. The summed E-state index contributed by atoms with van der Waals surface area (Å²) in [5.41, 5.74) is -6.08. The van der Waals surface area contributed by atoms with Crippen LogP contribution in [0, 0.1) is 0 Å². The first-order valence-corrected chi connectivity index (χ1v) is 16.2. The van der Waals surface area contributed by atoms with Crippen molar-refractivity contribution in [2.24, 2.45) is 0 Å². The molecule has 0 aromatic rings. The lowest BCUT2D eigenvalue weighted by atomic mass is 10.5. The summed E-state index contributed by atoms with van der Waals surface area (Å²) in [6.07, 6.45) is 0. The highest BCUT2D eigenvalue weighted by Gasteiger charge is 2.68. The molecule has 0 atom stereocenters. The third-order valence-electron chi connectivity index (χ3n) is 6.79. The molecule has 0 unspecified atom stereocenters. The predicted molar refractivity (Wildman–Crippen MR) is 119 cm³/mol. The molecule has 0 spiro atoms. The molecule has 0 aliphatic carbocycles. The molecule has 3 nitrogen and oxygen atoms in total. The van der Waals surface area contributed by atoms with Crippen LogP contribution >= 0.6 is 0 Å². The molecule has 0 aromatic carbocycles. The Morgan fingerprint density at radius 2 is 0.750 bits per heavy atom. The summed E-state index contributed by atoms with van der Waals surface area (Å²) >= 11 is 0. The Morgan fingerprint density at radius 3 is 0.857 bits per heavy atom. The Kier molecular flexibility index (Phi) is 9.14. The molecular formula is C19H42F3NO2SSi2. The molecular weight excluding hydrogens is 419 g/mol. The third kappa shape index (κ3) is 4.14. The van der Waals surface area contributed by atoms with E-state index in [2.05, 4.69) is 0 Å². The van der Waals surface area contributed by atoms with Gasteiger partial charge in [0.25, 0.3) is 0 Å². The molecule has 0 aromatic heterocycles. The molecule has 9 heteroatoms. The summed E-state index contributed by atoms with van der Waals surface area (Å²) in [5.74, 6) is 0. The minimum atomic E-state index is -5.47. The van der Waals surface area contributed by atoms with E-state index in [1.165, 1.54) is 3.64 Å². The molecule has 0 saturated carbocycles. The van der Waals surface area contributed by atoms with Crippen LogP contribution < -0.4 is 0 Å². The molecule has 0 aliphatic rings. The average molecular weight is 462 g/mol. The standard InChI is InChI=1S/C19H42F3NO2SSi2/c1-13(2)27(14(3)4,15(5)6)23(26(24,25)19(20,21)22)28(16(7)8,17(9)10)18(11)12/h13-18H,1-12H3. The van der Waals surface area contributed by atoms with Gasteiger partial charge in [0.05, 0.1) is 0 Å². The summed E-state index contributed by atoms with van der Waals surface area (Å²) in [6, 6.07) is 0. The highest BCUT2D eigenvalue weighted by molar-refractivity contribution is 7.93. The minimum Gasteiger partial charge on any atom is -0.236 e. The first-order chi connectivity index (χ1) is 12.3. The molecule has 0 radical (unpaired) electrons. The SMILES string of the molecule is CC(C)[Si](C(C)C)(C(C)C)N([Si](C(C)C)(C(C)C)C(C)C)S(=O)(=O)C(F)(F)F. The highest BCUT2D eigenvalue weighted by Crippen LogP contribution is 2.56. The first kappa shape index (κ1) is 28.1. The second-order valence-electron chi connectivity index (χ2n) is 9.92. The van der Waals surface area contributed by atoms with Crippen LogP contribution in [0.2, 0.25) is 33.2 Å². The Hall–Kier alpha value is 0.134. The van der Waals surface area contributed by atoms with Crippen LogP contribution in [0.3, 0.4) is 0 Å². The van der Waals surface area contributed by atoms with Gasteiger partial charge in [0.2, 0.25) is 0 Å². The van der Waals surface area contributed by atoms with Gasteiger partial charge in [-0.15, -0.1) is 0 Å². The van der Waals surface area contributed by atoms with Crippen molar-refractivity contribution in [1.82, 2.24) is 3.64 Å². The van der Waals surface area contributed by atoms with E-state index >= 15 is 0 Å². The number of hydrogen-bond donors (Lipinski definition) is 0. The van der Waals surface area contributed by atoms with Gasteiger partial charge in [-0.05, 0) is 33.2 Å². The molecule has 170 valence electrons. The number of halogens is 3. The van der Waals surface area contributed by atoms with Crippen molar-refractivity contribution in [3.05, 3.63) is 0 Å². The summed E-state index contributed by atoms with van der Waals surface area (Å²) in [7, 11) is -11.7. The van der Waals surface area contributed by atoms with Gasteiger partial charge in [-0.2, -0.15) is 13.2 Å². The van der Waals surface area contributed by atoms with Gasteiger partial charge in [-0.1, -0.05) is 83.1 Å². The lowest BCUT2D eigenvalue weighted by Gasteiger charge is -2.61. The molecule has 0 heterocycles. The summed E-state index contributed by atoms with van der Waals surface area (Å²) in [6.45, 7) is 23.1. The predicted octanol–water partition coefficient (Wildman–Crippen LogP) is 7.49. The number of nitrogens with zero attached hydrogens (tertiary/aromatic N) is 1. The smallest absolute Gasteiger partial charge is 0.236 e. The van der Waals surface area contributed by atoms with E-state index in [0.29, 0.717) is 0 Å². The van der Waals surface area contributed by atoms with Crippen LogP contribution in [-0.2, 0) is 10.0 Å². The fourth-order valence-electron chi connectivity index (χ4n) is 6.26. The maximum atomic E-state index is 14.1. The van der Waals surface area contributed by atoms with Crippen molar-refractivity contribution in [3.8, 4) is 0 Å². The second-order valence-corrected chi connectivity index (χ2v) is 24.2. The van der Waals surface area contributed by atoms with Gasteiger partial charge >= 0.3 is 15.5 Å². The normalized spacial score (nSPS) is 15.4. The van der Waals surface area contributed by atoms with E-state index in [1.54, 1.807) is 0 Å². The van der Waals surface area contributed by atoms with Gasteiger partial charge in [-0.25, -0.2) is 12.1 Å². The van der Waals surface area contributed by atoms with Gasteiger partial charge < -0.3 is 0 Å². The van der Waals surface area contributed by atoms with Crippen LogP contribution in [0.4, 0.5) is 13.2 Å². The lowest BCUT2D eigenvalue weighted by molar-refractivity contribution is -0.0462. The number of hydrogen-bond acceptors (Lipinski definition) is 2. The van der Waals surface area contributed by atoms with Crippen molar-refractivity contribution < 1.29 is 21.6 Å². The lowest BCUT2D eigenvalue weighted by Crippen LogP contribution is -2.76. The number of rotatable bonds is 9. The zero-order valence-corrected chi connectivity index (χ0v) is 22.6. The van der Waals surface area contributed by atoms with Crippen molar-refractivity contribution in [2.45, 2.75) is 122 Å². The van der Waals surface area contributed by atoms with Crippen molar-refractivity contribution >= 4 is 26.5 Å². The van der Waals surface area contributed by atoms with Crippen LogP contribution in [0.5, 0.6) is 0 Å². The quantitative estimate of drug-likeness (QED) is 0.334. The molecule has 28 heavy (non-hydrogen) atoms. The molecule has 0 N–H and O–H groups in total. The first-order valence-electron chi connectivity index (χ1n) is 10.4. The molecule has 0 fully saturated rings. The summed E-state index contributed by atoms with van der Waals surface area (Å²) in [4.78, 5) is 0. The van der Waals surface area contributed by atoms with E-state index in [4.69, 9.17) is 0 Å².